The van der Waals surface area contributed by atoms with Crippen molar-refractivity contribution in [1.82, 2.24) is 0 Å². The van der Waals surface area contributed by atoms with E-state index in [1.54, 1.807) is 0 Å². The Morgan fingerprint density at radius 2 is 0.962 bits per heavy atom. The van der Waals surface area contributed by atoms with Gasteiger partial charge in [-0.25, -0.2) is 4.57 Å². The lowest BCUT2D eigenvalue weighted by Crippen LogP contribution is -2.28. The van der Waals surface area contributed by atoms with Crippen molar-refractivity contribution in [3.05, 3.63) is 12.2 Å². The van der Waals surface area contributed by atoms with Crippen molar-refractivity contribution in [3.63, 3.8) is 0 Å². The third-order valence-corrected chi connectivity index (χ3v) is 10.7. The zero-order valence-electron chi connectivity index (χ0n) is 34.3. The number of phosphoric ester groups is 1. The molecule has 0 heterocycles. The van der Waals surface area contributed by atoms with Crippen LogP contribution in [0.2, 0.25) is 0 Å². The van der Waals surface area contributed by atoms with Gasteiger partial charge in [-0.15, -0.1) is 0 Å². The first-order chi connectivity index (χ1) is 25.4. The van der Waals surface area contributed by atoms with E-state index in [2.05, 4.69) is 26.0 Å². The van der Waals surface area contributed by atoms with Crippen LogP contribution in [-0.4, -0.2) is 49.9 Å². The Kier molecular flexibility index (Phi) is 40.8. The number of carbonyl (C=O) groups excluding carboxylic acids is 1. The molecule has 0 aliphatic rings. The topological polar surface area (TPSA) is 117 Å². The molecule has 0 saturated heterocycles. The van der Waals surface area contributed by atoms with Gasteiger partial charge in [-0.2, -0.15) is 0 Å². The predicted octanol–water partition coefficient (Wildman–Crippen LogP) is 13.1. The van der Waals surface area contributed by atoms with Gasteiger partial charge in [0.1, 0.15) is 6.10 Å². The number of ether oxygens (including phenoxy) is 2. The number of hydrogen-bond acceptors (Lipinski definition) is 7. The van der Waals surface area contributed by atoms with E-state index in [9.17, 15) is 14.3 Å². The average Bonchev–Trinajstić information content (AvgIpc) is 3.13. The fourth-order valence-corrected chi connectivity index (χ4v) is 7.17. The molecule has 0 aliphatic carbocycles. The van der Waals surface area contributed by atoms with Gasteiger partial charge in [0.2, 0.25) is 0 Å². The monoisotopic (exact) mass is 760 g/mol. The molecule has 0 aromatic heterocycles. The zero-order valence-corrected chi connectivity index (χ0v) is 35.2. The van der Waals surface area contributed by atoms with Gasteiger partial charge < -0.3 is 20.1 Å². The first kappa shape index (κ1) is 51.2. The quantitative estimate of drug-likeness (QED) is 0.0273. The molecule has 0 amide bonds. The van der Waals surface area contributed by atoms with Crippen LogP contribution in [0.3, 0.4) is 0 Å². The normalized spacial score (nSPS) is 13.5. The van der Waals surface area contributed by atoms with Crippen molar-refractivity contribution in [1.29, 1.82) is 0 Å². The number of hydrogen-bond donors (Lipinski definition) is 2. The highest BCUT2D eigenvalue weighted by Crippen LogP contribution is 2.43. The lowest BCUT2D eigenvalue weighted by molar-refractivity contribution is -0.154. The van der Waals surface area contributed by atoms with Crippen LogP contribution in [-0.2, 0) is 27.9 Å². The van der Waals surface area contributed by atoms with Crippen LogP contribution in [0.4, 0.5) is 0 Å². The van der Waals surface area contributed by atoms with E-state index in [4.69, 9.17) is 24.3 Å². The Labute approximate surface area is 322 Å². The number of esters is 1. The Morgan fingerprint density at radius 3 is 1.40 bits per heavy atom. The Bertz CT molecular complexity index is 812. The second kappa shape index (κ2) is 41.4. The van der Waals surface area contributed by atoms with Gasteiger partial charge in [0.25, 0.3) is 0 Å². The summed E-state index contributed by atoms with van der Waals surface area (Å²) < 4.78 is 33.4. The van der Waals surface area contributed by atoms with Gasteiger partial charge in [0.15, 0.2) is 0 Å². The minimum Gasteiger partial charge on any atom is -0.457 e. The van der Waals surface area contributed by atoms with Gasteiger partial charge >= 0.3 is 13.8 Å². The third kappa shape index (κ3) is 40.4. The van der Waals surface area contributed by atoms with E-state index in [0.717, 1.165) is 32.1 Å². The molecular weight excluding hydrogens is 673 g/mol. The van der Waals surface area contributed by atoms with E-state index >= 15 is 0 Å². The predicted molar refractivity (Wildman–Crippen MR) is 220 cm³/mol. The molecule has 3 N–H and O–H groups in total. The minimum atomic E-state index is -4.27. The standard InChI is InChI=1S/C43H86NO7P/c1-3-5-7-9-11-13-15-17-19-20-21-23-25-27-29-31-33-35-38-48-40-42(41-50-52(46,47)49-39-37-44)51-43(45)36-34-32-30-28-26-24-22-18-16-14-12-10-8-6-4-2/h17,19,42H,3-16,18,20-41,44H2,1-2H3,(H,46,47)/b19-17-. The highest BCUT2D eigenvalue weighted by atomic mass is 31.2. The van der Waals surface area contributed by atoms with Crippen molar-refractivity contribution >= 4 is 13.8 Å². The van der Waals surface area contributed by atoms with E-state index < -0.39 is 13.9 Å². The zero-order chi connectivity index (χ0) is 38.1. The maximum absolute atomic E-state index is 12.6. The SMILES string of the molecule is CCCCCCCC/C=C\CCCCCCCCCCOCC(COP(=O)(O)OCCN)OC(=O)CCCCCCCCCCCCCCCCC. The molecule has 0 aromatic rings. The molecular formula is C43H86NO7P. The van der Waals surface area contributed by atoms with Crippen molar-refractivity contribution in [2.45, 2.75) is 225 Å². The molecule has 0 spiro atoms. The Balaban J connectivity index is 3.98. The molecule has 52 heavy (non-hydrogen) atoms. The van der Waals surface area contributed by atoms with Crippen molar-refractivity contribution < 1.29 is 32.8 Å². The van der Waals surface area contributed by atoms with Crippen LogP contribution < -0.4 is 5.73 Å². The summed E-state index contributed by atoms with van der Waals surface area (Å²) in [4.78, 5) is 22.5. The molecule has 0 rings (SSSR count). The Morgan fingerprint density at radius 1 is 0.558 bits per heavy atom. The Hall–Kier alpha value is -0.760. The number of phosphoric acid groups is 1. The molecule has 9 heteroatoms. The van der Waals surface area contributed by atoms with Crippen LogP contribution in [0.5, 0.6) is 0 Å². The lowest BCUT2D eigenvalue weighted by atomic mass is 10.0. The third-order valence-electron chi connectivity index (χ3n) is 9.68. The second-order valence-corrected chi connectivity index (χ2v) is 16.4. The molecule has 0 fully saturated rings. The number of nitrogens with two attached hydrogens (primary N) is 1. The maximum atomic E-state index is 12.6. The molecule has 310 valence electrons. The largest absolute Gasteiger partial charge is 0.472 e. The first-order valence-corrected chi connectivity index (χ1v) is 23.7. The van der Waals surface area contributed by atoms with E-state index in [1.165, 1.54) is 167 Å². The first-order valence-electron chi connectivity index (χ1n) is 22.2. The summed E-state index contributed by atoms with van der Waals surface area (Å²) in [5.41, 5.74) is 5.37. The molecule has 0 radical (unpaired) electrons. The summed E-state index contributed by atoms with van der Waals surface area (Å²) in [5.74, 6) is -0.327. The van der Waals surface area contributed by atoms with Crippen LogP contribution >= 0.6 is 7.82 Å². The molecule has 2 atom stereocenters. The van der Waals surface area contributed by atoms with Crippen LogP contribution in [0.15, 0.2) is 12.2 Å². The van der Waals surface area contributed by atoms with Gasteiger partial charge in [-0.3, -0.25) is 13.8 Å². The molecule has 2 unspecified atom stereocenters. The van der Waals surface area contributed by atoms with Crippen molar-refractivity contribution in [2.24, 2.45) is 5.73 Å². The fourth-order valence-electron chi connectivity index (χ4n) is 6.40. The van der Waals surface area contributed by atoms with Crippen molar-refractivity contribution in [3.8, 4) is 0 Å². The minimum absolute atomic E-state index is 0.0926. The highest BCUT2D eigenvalue weighted by Gasteiger charge is 2.25. The summed E-state index contributed by atoms with van der Waals surface area (Å²) in [7, 11) is -4.27. The van der Waals surface area contributed by atoms with Crippen LogP contribution in [0.1, 0.15) is 219 Å². The second-order valence-electron chi connectivity index (χ2n) is 14.9. The van der Waals surface area contributed by atoms with Crippen LogP contribution in [0.25, 0.3) is 0 Å². The van der Waals surface area contributed by atoms with E-state index in [1.807, 2.05) is 0 Å². The molecule has 8 nitrogen and oxygen atoms in total. The molecule has 0 bridgehead atoms. The van der Waals surface area contributed by atoms with Gasteiger partial charge in [-0.05, 0) is 38.5 Å². The summed E-state index contributed by atoms with van der Waals surface area (Å²) >= 11 is 0. The van der Waals surface area contributed by atoms with E-state index in [-0.39, 0.29) is 32.3 Å². The highest BCUT2D eigenvalue weighted by molar-refractivity contribution is 7.47. The fraction of sp³-hybridized carbons (Fsp3) is 0.930. The molecule has 0 saturated carbocycles. The van der Waals surface area contributed by atoms with Gasteiger partial charge in [-0.1, -0.05) is 187 Å². The average molecular weight is 760 g/mol. The summed E-state index contributed by atoms with van der Waals surface area (Å²) in [5, 5.41) is 0. The van der Waals surface area contributed by atoms with Crippen LogP contribution in [0, 0.1) is 0 Å². The number of carbonyl (C=O) groups is 1. The van der Waals surface area contributed by atoms with Crippen molar-refractivity contribution in [2.75, 3.05) is 33.0 Å². The van der Waals surface area contributed by atoms with Gasteiger partial charge in [0, 0.05) is 19.6 Å². The molecule has 0 aliphatic heterocycles. The summed E-state index contributed by atoms with van der Waals surface area (Å²) in [6, 6.07) is 0. The summed E-state index contributed by atoms with van der Waals surface area (Å²) in [6.07, 6.45) is 43.7. The smallest absolute Gasteiger partial charge is 0.457 e. The lowest BCUT2D eigenvalue weighted by Gasteiger charge is -2.20. The summed E-state index contributed by atoms with van der Waals surface area (Å²) in [6.45, 7) is 4.95. The van der Waals surface area contributed by atoms with E-state index in [0.29, 0.717) is 13.0 Å². The number of allylic oxidation sites excluding steroid dienone is 2. The number of unbranched alkanes of at least 4 members (excludes halogenated alkanes) is 28. The molecule has 0 aromatic carbocycles. The van der Waals surface area contributed by atoms with Gasteiger partial charge in [0.05, 0.1) is 19.8 Å². The maximum Gasteiger partial charge on any atom is 0.472 e. The number of rotatable bonds is 43.